The van der Waals surface area contributed by atoms with Crippen LogP contribution in [0.15, 0.2) is 53.1 Å². The van der Waals surface area contributed by atoms with E-state index in [1.165, 1.54) is 0 Å². The maximum absolute atomic E-state index is 12.7. The first-order valence-corrected chi connectivity index (χ1v) is 9.37. The SMILES string of the molecule is Cc1ccc(C(=O)N2CCC(c3nc(-c4ccccc4C)no3)CC2)cc1. The molecule has 0 aliphatic carbocycles. The van der Waals surface area contributed by atoms with Crippen LogP contribution in [0.25, 0.3) is 11.4 Å². The van der Waals surface area contributed by atoms with Crippen LogP contribution in [0.4, 0.5) is 0 Å². The van der Waals surface area contributed by atoms with Gasteiger partial charge in [0.05, 0.1) is 0 Å². The highest BCUT2D eigenvalue weighted by Crippen LogP contribution is 2.29. The lowest BCUT2D eigenvalue weighted by Gasteiger charge is -2.30. The molecule has 5 heteroatoms. The van der Waals surface area contributed by atoms with Crippen molar-refractivity contribution in [3.8, 4) is 11.4 Å². The number of rotatable bonds is 3. The number of hydrogen-bond donors (Lipinski definition) is 0. The van der Waals surface area contributed by atoms with E-state index in [-0.39, 0.29) is 11.8 Å². The summed E-state index contributed by atoms with van der Waals surface area (Å²) >= 11 is 0. The van der Waals surface area contributed by atoms with E-state index in [1.807, 2.05) is 67.3 Å². The summed E-state index contributed by atoms with van der Waals surface area (Å²) in [7, 11) is 0. The van der Waals surface area contributed by atoms with Gasteiger partial charge in [0, 0.05) is 30.1 Å². The molecule has 1 aliphatic heterocycles. The first-order valence-electron chi connectivity index (χ1n) is 9.37. The van der Waals surface area contributed by atoms with Crippen molar-refractivity contribution in [2.24, 2.45) is 0 Å². The van der Waals surface area contributed by atoms with E-state index in [0.29, 0.717) is 24.8 Å². The van der Waals surface area contributed by atoms with E-state index in [1.54, 1.807) is 0 Å². The first kappa shape index (κ1) is 17.5. The zero-order chi connectivity index (χ0) is 18.8. The zero-order valence-corrected chi connectivity index (χ0v) is 15.7. The number of carbonyl (C=O) groups is 1. The second-order valence-corrected chi connectivity index (χ2v) is 7.20. The Morgan fingerprint density at radius 2 is 1.74 bits per heavy atom. The van der Waals surface area contributed by atoms with Crippen molar-refractivity contribution in [2.75, 3.05) is 13.1 Å². The predicted molar refractivity (Wildman–Crippen MR) is 104 cm³/mol. The Hall–Kier alpha value is -2.95. The molecule has 2 aromatic carbocycles. The van der Waals surface area contributed by atoms with Crippen molar-refractivity contribution < 1.29 is 9.32 Å². The third-order valence-corrected chi connectivity index (χ3v) is 5.26. The highest BCUT2D eigenvalue weighted by Gasteiger charge is 2.28. The molecule has 4 rings (SSSR count). The largest absolute Gasteiger partial charge is 0.339 e. The molecule has 0 unspecified atom stereocenters. The molecule has 1 saturated heterocycles. The number of likely N-dealkylation sites (tertiary alicyclic amines) is 1. The third kappa shape index (κ3) is 3.63. The summed E-state index contributed by atoms with van der Waals surface area (Å²) < 4.78 is 5.54. The number of nitrogens with zero attached hydrogens (tertiary/aromatic N) is 3. The molecule has 1 aliphatic rings. The van der Waals surface area contributed by atoms with Gasteiger partial charge in [-0.15, -0.1) is 0 Å². The average molecular weight is 361 g/mol. The molecular formula is C22H23N3O2. The molecule has 0 saturated carbocycles. The van der Waals surface area contributed by atoms with Crippen molar-refractivity contribution >= 4 is 5.91 Å². The lowest BCUT2D eigenvalue weighted by Crippen LogP contribution is -2.38. The molecule has 0 spiro atoms. The number of piperidine rings is 1. The number of aryl methyl sites for hydroxylation is 2. The quantitative estimate of drug-likeness (QED) is 0.695. The molecule has 0 atom stereocenters. The molecule has 138 valence electrons. The van der Waals surface area contributed by atoms with Crippen molar-refractivity contribution in [3.05, 3.63) is 71.1 Å². The number of carbonyl (C=O) groups excluding carboxylic acids is 1. The fourth-order valence-corrected chi connectivity index (χ4v) is 3.54. The average Bonchev–Trinajstić information content (AvgIpc) is 3.18. The molecule has 27 heavy (non-hydrogen) atoms. The van der Waals surface area contributed by atoms with Crippen molar-refractivity contribution in [1.82, 2.24) is 15.0 Å². The van der Waals surface area contributed by atoms with E-state index in [9.17, 15) is 4.79 Å². The summed E-state index contributed by atoms with van der Waals surface area (Å²) in [6.07, 6.45) is 1.68. The molecular weight excluding hydrogens is 338 g/mol. The fraction of sp³-hybridized carbons (Fsp3) is 0.318. The topological polar surface area (TPSA) is 59.2 Å². The van der Waals surface area contributed by atoms with Crippen molar-refractivity contribution in [1.29, 1.82) is 0 Å². The summed E-state index contributed by atoms with van der Waals surface area (Å²) in [5, 5.41) is 4.17. The van der Waals surface area contributed by atoms with Gasteiger partial charge in [-0.1, -0.05) is 47.1 Å². The molecule has 2 heterocycles. The standard InChI is InChI=1S/C22H23N3O2/c1-15-7-9-18(10-8-15)22(26)25-13-11-17(12-14-25)21-23-20(24-27-21)19-6-4-3-5-16(19)2/h3-10,17H,11-14H2,1-2H3. The summed E-state index contributed by atoms with van der Waals surface area (Å²) in [6, 6.07) is 15.8. The van der Waals surface area contributed by atoms with Crippen LogP contribution in [0.5, 0.6) is 0 Å². The monoisotopic (exact) mass is 361 g/mol. The molecule has 1 amide bonds. The van der Waals surface area contributed by atoms with Gasteiger partial charge in [0.2, 0.25) is 11.7 Å². The highest BCUT2D eigenvalue weighted by atomic mass is 16.5. The van der Waals surface area contributed by atoms with Crippen LogP contribution in [0.3, 0.4) is 0 Å². The Balaban J connectivity index is 1.42. The van der Waals surface area contributed by atoms with Crippen molar-refractivity contribution in [2.45, 2.75) is 32.6 Å². The van der Waals surface area contributed by atoms with Gasteiger partial charge in [0.25, 0.3) is 5.91 Å². The van der Waals surface area contributed by atoms with E-state index >= 15 is 0 Å². The van der Waals surface area contributed by atoms with E-state index in [0.717, 1.165) is 35.1 Å². The minimum Gasteiger partial charge on any atom is -0.339 e. The summed E-state index contributed by atoms with van der Waals surface area (Å²) in [6.45, 7) is 5.48. The number of benzene rings is 2. The smallest absolute Gasteiger partial charge is 0.253 e. The lowest BCUT2D eigenvalue weighted by atomic mass is 9.96. The number of amides is 1. The Labute approximate surface area is 159 Å². The van der Waals surface area contributed by atoms with E-state index in [4.69, 9.17) is 4.52 Å². The van der Waals surface area contributed by atoms with Gasteiger partial charge in [-0.05, 0) is 44.4 Å². The Kier molecular flexibility index (Phi) is 4.75. The molecule has 1 aromatic heterocycles. The maximum Gasteiger partial charge on any atom is 0.253 e. The van der Waals surface area contributed by atoms with Gasteiger partial charge >= 0.3 is 0 Å². The van der Waals surface area contributed by atoms with Crippen LogP contribution >= 0.6 is 0 Å². The zero-order valence-electron chi connectivity index (χ0n) is 15.7. The van der Waals surface area contributed by atoms with Gasteiger partial charge in [-0.3, -0.25) is 4.79 Å². The number of hydrogen-bond acceptors (Lipinski definition) is 4. The van der Waals surface area contributed by atoms with E-state index in [2.05, 4.69) is 10.1 Å². The lowest BCUT2D eigenvalue weighted by molar-refractivity contribution is 0.0704. The summed E-state index contributed by atoms with van der Waals surface area (Å²) in [5.74, 6) is 1.62. The van der Waals surface area contributed by atoms with Crippen LogP contribution in [0, 0.1) is 13.8 Å². The molecule has 1 fully saturated rings. The Morgan fingerprint density at radius 3 is 2.44 bits per heavy atom. The van der Waals surface area contributed by atoms with Gasteiger partial charge in [-0.25, -0.2) is 0 Å². The highest BCUT2D eigenvalue weighted by molar-refractivity contribution is 5.94. The van der Waals surface area contributed by atoms with E-state index < -0.39 is 0 Å². The van der Waals surface area contributed by atoms with Crippen LogP contribution in [0.1, 0.15) is 46.1 Å². The van der Waals surface area contributed by atoms with Crippen LogP contribution < -0.4 is 0 Å². The van der Waals surface area contributed by atoms with Crippen LogP contribution in [-0.4, -0.2) is 34.0 Å². The summed E-state index contributed by atoms with van der Waals surface area (Å²) in [4.78, 5) is 19.2. The minimum absolute atomic E-state index is 0.0968. The minimum atomic E-state index is 0.0968. The maximum atomic E-state index is 12.7. The molecule has 0 radical (unpaired) electrons. The Bertz CT molecular complexity index is 938. The molecule has 0 N–H and O–H groups in total. The van der Waals surface area contributed by atoms with Crippen molar-refractivity contribution in [3.63, 3.8) is 0 Å². The molecule has 3 aromatic rings. The fourth-order valence-electron chi connectivity index (χ4n) is 3.54. The van der Waals surface area contributed by atoms with Crippen LogP contribution in [-0.2, 0) is 0 Å². The second-order valence-electron chi connectivity index (χ2n) is 7.20. The molecule has 0 bridgehead atoms. The van der Waals surface area contributed by atoms with Gasteiger partial charge in [-0.2, -0.15) is 4.98 Å². The predicted octanol–water partition coefficient (Wildman–Crippen LogP) is 4.37. The van der Waals surface area contributed by atoms with Gasteiger partial charge < -0.3 is 9.42 Å². The third-order valence-electron chi connectivity index (χ3n) is 5.26. The first-order chi connectivity index (χ1) is 13.1. The van der Waals surface area contributed by atoms with Gasteiger partial charge in [0.15, 0.2) is 0 Å². The molecule has 5 nitrogen and oxygen atoms in total. The normalized spacial score (nSPS) is 15.1. The van der Waals surface area contributed by atoms with Crippen LogP contribution in [0.2, 0.25) is 0 Å². The Morgan fingerprint density at radius 1 is 1.04 bits per heavy atom. The summed E-state index contributed by atoms with van der Waals surface area (Å²) in [5.41, 5.74) is 4.03. The second kappa shape index (κ2) is 7.35. The number of aromatic nitrogens is 2. The van der Waals surface area contributed by atoms with Gasteiger partial charge in [0.1, 0.15) is 0 Å².